The van der Waals surface area contributed by atoms with E-state index in [0.29, 0.717) is 0 Å². The molecule has 1 rings (SSSR count). The average Bonchev–Trinajstić information content (AvgIpc) is 2.16. The van der Waals surface area contributed by atoms with E-state index >= 15 is 0 Å². The molecule has 0 aliphatic rings. The fourth-order valence-electron chi connectivity index (χ4n) is 1.05. The van der Waals surface area contributed by atoms with Gasteiger partial charge in [-0.3, -0.25) is 0 Å². The van der Waals surface area contributed by atoms with Crippen molar-refractivity contribution in [3.63, 3.8) is 0 Å². The van der Waals surface area contributed by atoms with Gasteiger partial charge in [0.2, 0.25) is 10.0 Å². The van der Waals surface area contributed by atoms with E-state index in [4.69, 9.17) is 0 Å². The second kappa shape index (κ2) is 3.82. The molecule has 7 heteroatoms. The molecular weight excluding hydrogens is 231 g/mol. The molecule has 0 spiro atoms. The van der Waals surface area contributed by atoms with Crippen LogP contribution in [0.15, 0.2) is 29.2 Å². The zero-order valence-electron chi connectivity index (χ0n) is 7.67. The zero-order valence-corrected chi connectivity index (χ0v) is 8.48. The molecule has 0 bridgehead atoms. The lowest BCUT2D eigenvalue weighted by atomic mass is 10.2. The van der Waals surface area contributed by atoms with Crippen LogP contribution < -0.4 is 4.72 Å². The highest BCUT2D eigenvalue weighted by atomic mass is 32.2. The number of hydrogen-bond acceptors (Lipinski definition) is 2. The maximum Gasteiger partial charge on any atom is 0.417 e. The van der Waals surface area contributed by atoms with Crippen LogP contribution in [-0.4, -0.2) is 15.5 Å². The minimum Gasteiger partial charge on any atom is -0.214 e. The number of benzene rings is 1. The first-order valence-corrected chi connectivity index (χ1v) is 5.37. The van der Waals surface area contributed by atoms with Gasteiger partial charge in [-0.25, -0.2) is 13.1 Å². The molecule has 0 aliphatic carbocycles. The number of sulfonamides is 1. The summed E-state index contributed by atoms with van der Waals surface area (Å²) in [6.07, 6.45) is -4.68. The van der Waals surface area contributed by atoms with Crippen LogP contribution >= 0.6 is 0 Å². The Morgan fingerprint density at radius 3 is 2.20 bits per heavy atom. The number of halogens is 3. The number of nitrogens with one attached hydrogen (secondary N) is 1. The molecule has 0 radical (unpaired) electrons. The summed E-state index contributed by atoms with van der Waals surface area (Å²) < 4.78 is 61.6. The van der Waals surface area contributed by atoms with Gasteiger partial charge in [-0.1, -0.05) is 12.1 Å². The summed E-state index contributed by atoms with van der Waals surface area (Å²) in [5.41, 5.74) is -1.17. The van der Waals surface area contributed by atoms with Crippen molar-refractivity contribution in [2.75, 3.05) is 7.05 Å². The molecule has 3 nitrogen and oxygen atoms in total. The van der Waals surface area contributed by atoms with E-state index in [1.807, 2.05) is 4.72 Å². The van der Waals surface area contributed by atoms with Gasteiger partial charge in [-0.2, -0.15) is 13.2 Å². The Morgan fingerprint density at radius 2 is 1.73 bits per heavy atom. The van der Waals surface area contributed by atoms with Gasteiger partial charge in [-0.15, -0.1) is 0 Å². The van der Waals surface area contributed by atoms with Crippen molar-refractivity contribution in [2.45, 2.75) is 11.1 Å². The second-order valence-electron chi connectivity index (χ2n) is 2.70. The maximum atomic E-state index is 12.4. The van der Waals surface area contributed by atoms with Gasteiger partial charge in [0.15, 0.2) is 0 Å². The molecule has 0 saturated carbocycles. The van der Waals surface area contributed by atoms with E-state index in [0.717, 1.165) is 25.2 Å². The van der Waals surface area contributed by atoms with Crippen LogP contribution in [-0.2, 0) is 16.2 Å². The SMILES string of the molecule is CNS(=O)(=O)c1ccccc1C(F)(F)F. The molecule has 1 N–H and O–H groups in total. The minimum absolute atomic E-state index is 0.726. The summed E-state index contributed by atoms with van der Waals surface area (Å²) in [6.45, 7) is 0. The smallest absolute Gasteiger partial charge is 0.214 e. The third-order valence-electron chi connectivity index (χ3n) is 1.75. The standard InChI is InChI=1S/C8H8F3NO2S/c1-12-15(13,14)7-5-3-2-4-6(7)8(9,10)11/h2-5,12H,1H3. The van der Waals surface area contributed by atoms with Crippen LogP contribution in [0.2, 0.25) is 0 Å². The molecule has 0 heterocycles. The van der Waals surface area contributed by atoms with E-state index in [1.54, 1.807) is 0 Å². The molecular formula is C8H8F3NO2S. The van der Waals surface area contributed by atoms with Gasteiger partial charge in [0.25, 0.3) is 0 Å². The molecule has 0 fully saturated rings. The number of hydrogen-bond donors (Lipinski definition) is 1. The van der Waals surface area contributed by atoms with Crippen molar-refractivity contribution < 1.29 is 21.6 Å². The molecule has 0 unspecified atom stereocenters. The molecule has 1 aromatic carbocycles. The Hall–Kier alpha value is -1.08. The molecule has 0 aliphatic heterocycles. The minimum atomic E-state index is -4.68. The Balaban J connectivity index is 3.45. The van der Waals surface area contributed by atoms with Gasteiger partial charge >= 0.3 is 6.18 Å². The number of rotatable bonds is 2. The summed E-state index contributed by atoms with van der Waals surface area (Å²) >= 11 is 0. The van der Waals surface area contributed by atoms with Gasteiger partial charge < -0.3 is 0 Å². The lowest BCUT2D eigenvalue weighted by Crippen LogP contribution is -2.22. The predicted octanol–water partition coefficient (Wildman–Crippen LogP) is 1.61. The van der Waals surface area contributed by atoms with E-state index in [-0.39, 0.29) is 0 Å². The molecule has 84 valence electrons. The second-order valence-corrected chi connectivity index (χ2v) is 4.56. The largest absolute Gasteiger partial charge is 0.417 e. The molecule has 1 aromatic rings. The van der Waals surface area contributed by atoms with Crippen molar-refractivity contribution in [2.24, 2.45) is 0 Å². The van der Waals surface area contributed by atoms with Crippen LogP contribution in [0.5, 0.6) is 0 Å². The highest BCUT2D eigenvalue weighted by Crippen LogP contribution is 2.33. The Morgan fingerprint density at radius 1 is 1.20 bits per heavy atom. The first-order valence-electron chi connectivity index (χ1n) is 3.89. The quantitative estimate of drug-likeness (QED) is 0.852. The van der Waals surface area contributed by atoms with E-state index < -0.39 is 26.7 Å². The molecule has 0 aromatic heterocycles. The first-order chi connectivity index (χ1) is 6.79. The van der Waals surface area contributed by atoms with E-state index in [9.17, 15) is 21.6 Å². The van der Waals surface area contributed by atoms with E-state index in [2.05, 4.69) is 0 Å². The van der Waals surface area contributed by atoms with Crippen molar-refractivity contribution in [1.29, 1.82) is 0 Å². The van der Waals surface area contributed by atoms with Crippen LogP contribution in [0.1, 0.15) is 5.56 Å². The van der Waals surface area contributed by atoms with Gasteiger partial charge in [-0.05, 0) is 19.2 Å². The topological polar surface area (TPSA) is 46.2 Å². The monoisotopic (exact) mass is 239 g/mol. The van der Waals surface area contributed by atoms with Gasteiger partial charge in [0.1, 0.15) is 0 Å². The fraction of sp³-hybridized carbons (Fsp3) is 0.250. The van der Waals surface area contributed by atoms with Gasteiger partial charge in [0.05, 0.1) is 10.5 Å². The molecule has 0 amide bonds. The number of alkyl halides is 3. The third-order valence-corrected chi connectivity index (χ3v) is 3.22. The zero-order chi connectivity index (χ0) is 11.7. The Kier molecular flexibility index (Phi) is 3.05. The maximum absolute atomic E-state index is 12.4. The molecule has 0 saturated heterocycles. The lowest BCUT2D eigenvalue weighted by molar-refractivity contribution is -0.139. The summed E-state index contributed by atoms with van der Waals surface area (Å²) in [4.78, 5) is -0.764. The lowest BCUT2D eigenvalue weighted by Gasteiger charge is -2.11. The van der Waals surface area contributed by atoms with Crippen molar-refractivity contribution in [3.05, 3.63) is 29.8 Å². The Bertz CT molecular complexity index is 453. The summed E-state index contributed by atoms with van der Waals surface area (Å²) in [5.74, 6) is 0. The van der Waals surface area contributed by atoms with Crippen molar-refractivity contribution in [1.82, 2.24) is 4.72 Å². The van der Waals surface area contributed by atoms with Crippen LogP contribution in [0.4, 0.5) is 13.2 Å². The highest BCUT2D eigenvalue weighted by molar-refractivity contribution is 7.89. The highest BCUT2D eigenvalue weighted by Gasteiger charge is 2.36. The molecule has 15 heavy (non-hydrogen) atoms. The van der Waals surface area contributed by atoms with Crippen molar-refractivity contribution in [3.8, 4) is 0 Å². The average molecular weight is 239 g/mol. The fourth-order valence-corrected chi connectivity index (χ4v) is 2.00. The normalized spacial score (nSPS) is 12.8. The molecule has 0 atom stereocenters. The summed E-state index contributed by atoms with van der Waals surface area (Å²) in [7, 11) is -3.02. The van der Waals surface area contributed by atoms with Crippen molar-refractivity contribution >= 4 is 10.0 Å². The first kappa shape index (κ1) is 12.0. The predicted molar refractivity (Wildman–Crippen MR) is 47.7 cm³/mol. The van der Waals surface area contributed by atoms with Crippen LogP contribution in [0, 0.1) is 0 Å². The van der Waals surface area contributed by atoms with E-state index in [1.165, 1.54) is 6.07 Å². The van der Waals surface area contributed by atoms with Crippen LogP contribution in [0.25, 0.3) is 0 Å². The van der Waals surface area contributed by atoms with Crippen LogP contribution in [0.3, 0.4) is 0 Å². The summed E-state index contributed by atoms with van der Waals surface area (Å²) in [6, 6.07) is 4.01. The Labute approximate surface area is 85.0 Å². The van der Waals surface area contributed by atoms with Gasteiger partial charge in [0, 0.05) is 0 Å². The third kappa shape index (κ3) is 2.48. The summed E-state index contributed by atoms with van der Waals surface area (Å²) in [5, 5.41) is 0.